The fourth-order valence-electron chi connectivity index (χ4n) is 5.45. The van der Waals surface area contributed by atoms with Crippen molar-refractivity contribution < 1.29 is 28.8 Å². The van der Waals surface area contributed by atoms with E-state index in [1.165, 1.54) is 15.9 Å². The van der Waals surface area contributed by atoms with Gasteiger partial charge in [-0.25, -0.2) is 10.3 Å². The van der Waals surface area contributed by atoms with Gasteiger partial charge in [-0.2, -0.15) is 0 Å². The van der Waals surface area contributed by atoms with Gasteiger partial charge in [0.1, 0.15) is 6.04 Å². The summed E-state index contributed by atoms with van der Waals surface area (Å²) in [6, 6.07) is 27.6. The number of nitrogens with one attached hydrogen (secondary N) is 3. The Morgan fingerprint density at radius 2 is 1.51 bits per heavy atom. The summed E-state index contributed by atoms with van der Waals surface area (Å²) in [5.74, 6) is -1.62. The van der Waals surface area contributed by atoms with E-state index < -0.39 is 29.3 Å². The Kier molecular flexibility index (Phi) is 10.5. The fraction of sp³-hybridized carbons (Fsp3) is 0.237. The molecule has 5 amide bonds. The second-order valence-corrected chi connectivity index (χ2v) is 12.8. The second kappa shape index (κ2) is 15.0. The van der Waals surface area contributed by atoms with Crippen LogP contribution >= 0.6 is 0 Å². The summed E-state index contributed by atoms with van der Waals surface area (Å²) >= 11 is 0. The Bertz CT molecular complexity index is 1870. The molecule has 0 saturated heterocycles. The number of benzene rings is 4. The van der Waals surface area contributed by atoms with Crippen LogP contribution in [0.5, 0.6) is 0 Å². The zero-order chi connectivity index (χ0) is 35.1. The third-order valence-corrected chi connectivity index (χ3v) is 7.96. The number of para-hydroxylation sites is 2. The lowest BCUT2D eigenvalue weighted by Gasteiger charge is -2.30. The zero-order valence-corrected chi connectivity index (χ0v) is 27.9. The van der Waals surface area contributed by atoms with Crippen molar-refractivity contribution in [3.05, 3.63) is 125 Å². The molecule has 1 aliphatic rings. The van der Waals surface area contributed by atoms with Gasteiger partial charge in [0.25, 0.3) is 11.8 Å². The van der Waals surface area contributed by atoms with Gasteiger partial charge in [-0.3, -0.25) is 24.0 Å². The van der Waals surface area contributed by atoms with Crippen molar-refractivity contribution in [3.63, 3.8) is 0 Å². The highest BCUT2D eigenvalue weighted by Crippen LogP contribution is 2.35. The van der Waals surface area contributed by atoms with E-state index >= 15 is 0 Å². The molecule has 0 saturated carbocycles. The van der Waals surface area contributed by atoms with Crippen LogP contribution in [0.4, 0.5) is 21.9 Å². The first kappa shape index (κ1) is 34.5. The van der Waals surface area contributed by atoms with Crippen molar-refractivity contribution in [2.24, 2.45) is 5.41 Å². The van der Waals surface area contributed by atoms with E-state index in [0.29, 0.717) is 16.9 Å². The average Bonchev–Trinajstić information content (AvgIpc) is 3.19. The van der Waals surface area contributed by atoms with Gasteiger partial charge in [-0.05, 0) is 48.4 Å². The van der Waals surface area contributed by atoms with Gasteiger partial charge in [-0.1, -0.05) is 93.6 Å². The van der Waals surface area contributed by atoms with Crippen molar-refractivity contribution in [2.45, 2.75) is 40.3 Å². The molecule has 252 valence electrons. The van der Waals surface area contributed by atoms with Crippen LogP contribution in [0.1, 0.15) is 52.6 Å². The minimum atomic E-state index is -1.22. The van der Waals surface area contributed by atoms with Crippen LogP contribution in [-0.4, -0.2) is 48.7 Å². The molecule has 0 aliphatic carbocycles. The number of hydroxylamine groups is 1. The Morgan fingerprint density at radius 3 is 2.22 bits per heavy atom. The summed E-state index contributed by atoms with van der Waals surface area (Å²) in [5, 5.41) is 5.39. The first-order chi connectivity index (χ1) is 23.4. The van der Waals surface area contributed by atoms with Gasteiger partial charge in [0.15, 0.2) is 5.78 Å². The van der Waals surface area contributed by atoms with E-state index in [1.54, 1.807) is 75.4 Å². The smallest absolute Gasteiger partial charge is 0.319 e. The molecule has 49 heavy (non-hydrogen) atoms. The number of rotatable bonds is 9. The van der Waals surface area contributed by atoms with Gasteiger partial charge in [0.05, 0.1) is 31.1 Å². The lowest BCUT2D eigenvalue weighted by atomic mass is 9.94. The Labute approximate surface area is 285 Å². The molecule has 11 nitrogen and oxygen atoms in total. The third-order valence-electron chi connectivity index (χ3n) is 7.96. The standard InChI is InChI=1S/C38H39N5O6/c1-25-13-8-9-18-29(25)33(44)23-42-31-19-10-11-20-32(31)43(36(47)38(2,3)4)22-30(35(42)46)40-37(48)39-28-17-12-16-27(21-28)34(45)41-49-24-26-14-6-5-7-15-26/h5-21,30H,22-24H2,1-4H3,(H,41,45)(H2,39,40,48). The van der Waals surface area contributed by atoms with Crippen LogP contribution in [0.15, 0.2) is 103 Å². The molecule has 3 N–H and O–H groups in total. The van der Waals surface area contributed by atoms with Gasteiger partial charge in [0.2, 0.25) is 5.91 Å². The molecule has 0 bridgehead atoms. The lowest BCUT2D eigenvalue weighted by Crippen LogP contribution is -2.55. The van der Waals surface area contributed by atoms with Gasteiger partial charge >= 0.3 is 6.03 Å². The Balaban J connectivity index is 1.36. The maximum atomic E-state index is 14.2. The van der Waals surface area contributed by atoms with E-state index in [9.17, 15) is 24.0 Å². The quantitative estimate of drug-likeness (QED) is 0.157. The zero-order valence-electron chi connectivity index (χ0n) is 27.9. The number of carbonyl (C=O) groups is 5. The molecule has 1 atom stereocenters. The molecule has 4 aromatic rings. The molecular weight excluding hydrogens is 622 g/mol. The van der Waals surface area contributed by atoms with Crippen molar-refractivity contribution in [3.8, 4) is 0 Å². The highest BCUT2D eigenvalue weighted by atomic mass is 16.6. The number of fused-ring (bicyclic) bond motifs is 1. The predicted molar refractivity (Wildman–Crippen MR) is 187 cm³/mol. The van der Waals surface area contributed by atoms with Crippen LogP contribution in [0.2, 0.25) is 0 Å². The summed E-state index contributed by atoms with van der Waals surface area (Å²) in [6.45, 7) is 6.84. The van der Waals surface area contributed by atoms with Crippen LogP contribution in [0.3, 0.4) is 0 Å². The van der Waals surface area contributed by atoms with Gasteiger partial charge < -0.3 is 20.4 Å². The number of urea groups is 1. The third kappa shape index (κ3) is 8.38. The monoisotopic (exact) mass is 661 g/mol. The number of nitrogens with zero attached hydrogens (tertiary/aromatic N) is 2. The first-order valence-corrected chi connectivity index (χ1v) is 15.9. The van der Waals surface area contributed by atoms with Crippen LogP contribution in [0, 0.1) is 12.3 Å². The summed E-state index contributed by atoms with van der Waals surface area (Å²) in [5.41, 5.74) is 5.04. The van der Waals surface area contributed by atoms with Crippen molar-refractivity contribution in [1.29, 1.82) is 0 Å². The number of aryl methyl sites for hydroxylation is 1. The fourth-order valence-corrected chi connectivity index (χ4v) is 5.45. The molecular formula is C38H39N5O6. The summed E-state index contributed by atoms with van der Waals surface area (Å²) in [6.07, 6.45) is 0. The maximum absolute atomic E-state index is 14.2. The van der Waals surface area contributed by atoms with Crippen molar-refractivity contribution >= 4 is 46.6 Å². The number of amides is 5. The maximum Gasteiger partial charge on any atom is 0.319 e. The van der Waals surface area contributed by atoms with E-state index in [-0.39, 0.29) is 42.6 Å². The largest absolute Gasteiger partial charge is 0.324 e. The summed E-state index contributed by atoms with van der Waals surface area (Å²) < 4.78 is 0. The summed E-state index contributed by atoms with van der Waals surface area (Å²) in [4.78, 5) is 75.8. The highest BCUT2D eigenvalue weighted by molar-refractivity contribution is 6.13. The van der Waals surface area contributed by atoms with E-state index in [1.807, 2.05) is 49.4 Å². The predicted octanol–water partition coefficient (Wildman–Crippen LogP) is 5.66. The minimum absolute atomic E-state index is 0.171. The molecule has 0 radical (unpaired) electrons. The topological polar surface area (TPSA) is 137 Å². The first-order valence-electron chi connectivity index (χ1n) is 15.9. The average molecular weight is 662 g/mol. The molecule has 4 aromatic carbocycles. The van der Waals surface area contributed by atoms with Gasteiger partial charge in [-0.15, -0.1) is 0 Å². The number of ketones is 1. The number of Topliss-reactive ketones (excluding diaryl/α,β-unsaturated/α-hetero) is 1. The van der Waals surface area contributed by atoms with Crippen LogP contribution in [0.25, 0.3) is 0 Å². The number of hydrogen-bond donors (Lipinski definition) is 3. The second-order valence-electron chi connectivity index (χ2n) is 12.8. The summed E-state index contributed by atoms with van der Waals surface area (Å²) in [7, 11) is 0. The molecule has 1 heterocycles. The van der Waals surface area contributed by atoms with Crippen LogP contribution in [-0.2, 0) is 21.0 Å². The van der Waals surface area contributed by atoms with E-state index in [4.69, 9.17) is 4.84 Å². The number of hydrogen-bond acceptors (Lipinski definition) is 6. The molecule has 0 aromatic heterocycles. The molecule has 1 unspecified atom stereocenters. The SMILES string of the molecule is Cc1ccccc1C(=O)CN1C(=O)C(NC(=O)Nc2cccc(C(=O)NOCc3ccccc3)c2)CN(C(=O)C(C)(C)C)c2ccccc21. The Morgan fingerprint density at radius 1 is 0.837 bits per heavy atom. The molecule has 11 heteroatoms. The molecule has 5 rings (SSSR count). The van der Waals surface area contributed by atoms with Crippen molar-refractivity contribution in [2.75, 3.05) is 28.2 Å². The molecule has 0 fully saturated rings. The number of carbonyl (C=O) groups excluding carboxylic acids is 5. The van der Waals surface area contributed by atoms with Gasteiger partial charge in [0, 0.05) is 22.2 Å². The number of anilines is 3. The van der Waals surface area contributed by atoms with Crippen molar-refractivity contribution in [1.82, 2.24) is 10.8 Å². The minimum Gasteiger partial charge on any atom is -0.324 e. The lowest BCUT2D eigenvalue weighted by molar-refractivity contribution is -0.126. The van der Waals surface area contributed by atoms with E-state index in [2.05, 4.69) is 16.1 Å². The molecule has 1 aliphatic heterocycles. The van der Waals surface area contributed by atoms with Crippen LogP contribution < -0.4 is 25.9 Å². The molecule has 0 spiro atoms. The normalized spacial score (nSPS) is 14.4. The highest BCUT2D eigenvalue weighted by Gasteiger charge is 2.40. The Hall–Kier alpha value is -5.81. The van der Waals surface area contributed by atoms with E-state index in [0.717, 1.165) is 11.1 Å².